The lowest BCUT2D eigenvalue weighted by molar-refractivity contribution is 0.0161. The van der Waals surface area contributed by atoms with Gasteiger partial charge < -0.3 is 14.1 Å². The van der Waals surface area contributed by atoms with E-state index in [-0.39, 0.29) is 11.5 Å². The van der Waals surface area contributed by atoms with E-state index in [1.54, 1.807) is 4.90 Å². The Hall–Kier alpha value is -1.52. The highest BCUT2D eigenvalue weighted by atomic mass is 16.6. The van der Waals surface area contributed by atoms with E-state index in [0.29, 0.717) is 19.0 Å². The fourth-order valence-corrected chi connectivity index (χ4v) is 2.59. The highest BCUT2D eigenvalue weighted by Gasteiger charge is 2.37. The third kappa shape index (κ3) is 3.81. The molecule has 22 heavy (non-hydrogen) atoms. The van der Waals surface area contributed by atoms with Crippen molar-refractivity contribution in [2.75, 3.05) is 13.1 Å². The van der Waals surface area contributed by atoms with Crippen molar-refractivity contribution in [2.45, 2.75) is 71.3 Å². The molecule has 0 radical (unpaired) electrons. The number of likely N-dealkylation sites (tertiary alicyclic amines) is 1. The van der Waals surface area contributed by atoms with Gasteiger partial charge in [-0.15, -0.1) is 0 Å². The van der Waals surface area contributed by atoms with Gasteiger partial charge in [-0.25, -0.2) is 9.78 Å². The van der Waals surface area contributed by atoms with E-state index < -0.39 is 5.60 Å². The maximum atomic E-state index is 12.1. The van der Waals surface area contributed by atoms with Gasteiger partial charge in [0.25, 0.3) is 0 Å². The summed E-state index contributed by atoms with van der Waals surface area (Å²) < 4.78 is 11.4. The second-order valence-corrected chi connectivity index (χ2v) is 7.75. The minimum Gasteiger partial charge on any atom is -0.445 e. The first-order valence-electron chi connectivity index (χ1n) is 8.05. The molecule has 5 nitrogen and oxygen atoms in total. The van der Waals surface area contributed by atoms with Crippen LogP contribution < -0.4 is 0 Å². The Labute approximate surface area is 133 Å². The number of ether oxygens (including phenoxy) is 1. The molecular weight excluding hydrogens is 280 g/mol. The van der Waals surface area contributed by atoms with Crippen molar-refractivity contribution in [3.05, 3.63) is 17.8 Å². The summed E-state index contributed by atoms with van der Waals surface area (Å²) in [7, 11) is 0. The predicted octanol–water partition coefficient (Wildman–Crippen LogP) is 4.09. The molecule has 0 saturated carbocycles. The molecule has 0 aromatic carbocycles. The fourth-order valence-electron chi connectivity index (χ4n) is 2.59. The van der Waals surface area contributed by atoms with Gasteiger partial charge in [0.05, 0.1) is 6.20 Å². The molecule has 1 aliphatic heterocycles. The van der Waals surface area contributed by atoms with Crippen LogP contribution in [0.5, 0.6) is 0 Å². The van der Waals surface area contributed by atoms with Crippen LogP contribution in [0.3, 0.4) is 0 Å². The normalized spacial score (nSPS) is 18.6. The summed E-state index contributed by atoms with van der Waals surface area (Å²) in [5.74, 6) is 2.00. The van der Waals surface area contributed by atoms with Crippen LogP contribution in [-0.2, 0) is 10.2 Å². The summed E-state index contributed by atoms with van der Waals surface area (Å²) in [6.07, 6.45) is 3.34. The van der Waals surface area contributed by atoms with Crippen molar-refractivity contribution in [3.63, 3.8) is 0 Å². The molecule has 2 heterocycles. The SMILES string of the molecule is CC(C)c1ncc(C2(C)CCN(C(=O)OC(C)(C)C)CC2)o1. The topological polar surface area (TPSA) is 55.6 Å². The molecule has 1 fully saturated rings. The highest BCUT2D eigenvalue weighted by Crippen LogP contribution is 2.36. The first kappa shape index (κ1) is 16.8. The van der Waals surface area contributed by atoms with Crippen molar-refractivity contribution in [1.82, 2.24) is 9.88 Å². The monoisotopic (exact) mass is 308 g/mol. The molecule has 1 aromatic rings. The highest BCUT2D eigenvalue weighted by molar-refractivity contribution is 5.68. The zero-order chi connectivity index (χ0) is 16.5. The Morgan fingerprint density at radius 1 is 1.36 bits per heavy atom. The fraction of sp³-hybridized carbons (Fsp3) is 0.765. The van der Waals surface area contributed by atoms with E-state index in [9.17, 15) is 4.79 Å². The maximum absolute atomic E-state index is 12.1. The third-order valence-electron chi connectivity index (χ3n) is 4.13. The van der Waals surface area contributed by atoms with Gasteiger partial charge in [0.1, 0.15) is 11.4 Å². The lowest BCUT2D eigenvalue weighted by Crippen LogP contribution is -2.45. The number of oxazole rings is 1. The second kappa shape index (κ2) is 5.94. The van der Waals surface area contributed by atoms with Crippen molar-refractivity contribution >= 4 is 6.09 Å². The summed E-state index contributed by atoms with van der Waals surface area (Å²) in [5, 5.41) is 0. The Morgan fingerprint density at radius 2 is 1.95 bits per heavy atom. The van der Waals surface area contributed by atoms with Gasteiger partial charge in [0, 0.05) is 24.4 Å². The molecule has 0 unspecified atom stereocenters. The van der Waals surface area contributed by atoms with Crippen LogP contribution in [0.2, 0.25) is 0 Å². The van der Waals surface area contributed by atoms with Gasteiger partial charge in [0.2, 0.25) is 0 Å². The van der Waals surface area contributed by atoms with Crippen molar-refractivity contribution < 1.29 is 13.9 Å². The minimum absolute atomic E-state index is 0.0569. The molecule has 1 saturated heterocycles. The van der Waals surface area contributed by atoms with E-state index in [1.807, 2.05) is 27.0 Å². The van der Waals surface area contributed by atoms with Crippen LogP contribution in [0.25, 0.3) is 0 Å². The van der Waals surface area contributed by atoms with Crippen LogP contribution in [0, 0.1) is 0 Å². The van der Waals surface area contributed by atoms with Crippen LogP contribution in [-0.4, -0.2) is 34.7 Å². The van der Waals surface area contributed by atoms with E-state index in [0.717, 1.165) is 24.5 Å². The molecule has 0 aliphatic carbocycles. The Bertz CT molecular complexity index is 520. The molecule has 0 atom stereocenters. The number of hydrogen-bond acceptors (Lipinski definition) is 4. The molecule has 0 spiro atoms. The summed E-state index contributed by atoms with van der Waals surface area (Å²) in [4.78, 5) is 18.3. The number of carbonyl (C=O) groups is 1. The van der Waals surface area contributed by atoms with Crippen LogP contribution >= 0.6 is 0 Å². The first-order chi connectivity index (χ1) is 10.1. The zero-order valence-corrected chi connectivity index (χ0v) is 14.6. The number of hydrogen-bond donors (Lipinski definition) is 0. The number of piperidine rings is 1. The Morgan fingerprint density at radius 3 is 2.41 bits per heavy atom. The summed E-state index contributed by atoms with van der Waals surface area (Å²) in [6, 6.07) is 0. The lowest BCUT2D eigenvalue weighted by atomic mass is 9.78. The number of carbonyl (C=O) groups excluding carboxylic acids is 1. The van der Waals surface area contributed by atoms with Crippen molar-refractivity contribution in [2.24, 2.45) is 0 Å². The van der Waals surface area contributed by atoms with Gasteiger partial charge >= 0.3 is 6.09 Å². The molecule has 2 rings (SSSR count). The number of nitrogens with zero attached hydrogens (tertiary/aromatic N) is 2. The average molecular weight is 308 g/mol. The Balaban J connectivity index is 1.99. The van der Waals surface area contributed by atoms with Gasteiger partial charge in [-0.2, -0.15) is 0 Å². The van der Waals surface area contributed by atoms with Crippen LogP contribution in [0.4, 0.5) is 4.79 Å². The first-order valence-corrected chi connectivity index (χ1v) is 8.05. The van der Waals surface area contributed by atoms with Crippen LogP contribution in [0.1, 0.15) is 72.0 Å². The summed E-state index contributed by atoms with van der Waals surface area (Å²) in [6.45, 7) is 13.4. The molecule has 0 N–H and O–H groups in total. The second-order valence-electron chi connectivity index (χ2n) is 7.75. The smallest absolute Gasteiger partial charge is 0.410 e. The third-order valence-corrected chi connectivity index (χ3v) is 4.13. The van der Waals surface area contributed by atoms with Crippen molar-refractivity contribution in [1.29, 1.82) is 0 Å². The molecule has 5 heteroatoms. The van der Waals surface area contributed by atoms with Crippen molar-refractivity contribution in [3.8, 4) is 0 Å². The van der Waals surface area contributed by atoms with E-state index in [1.165, 1.54) is 0 Å². The number of amides is 1. The van der Waals surface area contributed by atoms with Crippen LogP contribution in [0.15, 0.2) is 10.6 Å². The standard InChI is InChI=1S/C17H28N2O3/c1-12(2)14-18-11-13(21-14)17(6)7-9-19(10-8-17)15(20)22-16(3,4)5/h11-12H,7-10H2,1-6H3. The van der Waals surface area contributed by atoms with E-state index in [4.69, 9.17) is 9.15 Å². The largest absolute Gasteiger partial charge is 0.445 e. The molecule has 1 aliphatic rings. The Kier molecular flexibility index (Phi) is 4.54. The summed E-state index contributed by atoms with van der Waals surface area (Å²) in [5.41, 5.74) is -0.506. The quantitative estimate of drug-likeness (QED) is 0.826. The van der Waals surface area contributed by atoms with Gasteiger partial charge in [-0.3, -0.25) is 0 Å². The van der Waals surface area contributed by atoms with Gasteiger partial charge in [-0.05, 0) is 33.6 Å². The van der Waals surface area contributed by atoms with E-state index in [2.05, 4.69) is 25.8 Å². The van der Waals surface area contributed by atoms with E-state index >= 15 is 0 Å². The molecular formula is C17H28N2O3. The predicted molar refractivity (Wildman–Crippen MR) is 85.0 cm³/mol. The maximum Gasteiger partial charge on any atom is 0.410 e. The zero-order valence-electron chi connectivity index (χ0n) is 14.6. The average Bonchev–Trinajstić information content (AvgIpc) is 2.87. The lowest BCUT2D eigenvalue weighted by Gasteiger charge is -2.38. The van der Waals surface area contributed by atoms with Gasteiger partial charge in [0.15, 0.2) is 5.89 Å². The molecule has 1 aromatic heterocycles. The molecule has 124 valence electrons. The summed E-state index contributed by atoms with van der Waals surface area (Å²) >= 11 is 0. The van der Waals surface area contributed by atoms with Gasteiger partial charge in [-0.1, -0.05) is 20.8 Å². The molecule has 1 amide bonds. The number of rotatable bonds is 2. The number of aromatic nitrogens is 1. The minimum atomic E-state index is -0.449. The molecule has 0 bridgehead atoms.